The first kappa shape index (κ1) is 32.4. The maximum Gasteiger partial charge on any atom is 0.0564 e. The molecule has 0 unspecified atom stereocenters. The summed E-state index contributed by atoms with van der Waals surface area (Å²) in [5.41, 5.74) is 1.38. The second-order valence-corrected chi connectivity index (χ2v) is 6.99. The Labute approximate surface area is 185 Å². The van der Waals surface area contributed by atoms with Gasteiger partial charge in [-0.1, -0.05) is 64.2 Å². The summed E-state index contributed by atoms with van der Waals surface area (Å²) in [5, 5.41) is 9.18. The zero-order valence-corrected chi connectivity index (χ0v) is 18.1. The van der Waals surface area contributed by atoms with E-state index in [0.717, 1.165) is 25.9 Å². The Kier molecular flexibility index (Phi) is 23.2. The van der Waals surface area contributed by atoms with E-state index in [9.17, 15) is 5.11 Å². The predicted molar refractivity (Wildman–Crippen MR) is 110 cm³/mol. The van der Waals surface area contributed by atoms with Gasteiger partial charge in [0.25, 0.3) is 0 Å². The van der Waals surface area contributed by atoms with Gasteiger partial charge in [-0.3, -0.25) is 0 Å². The normalized spacial score (nSPS) is 14.3. The third-order valence-corrected chi connectivity index (χ3v) is 4.24. The molecule has 141 valence electrons. The van der Waals surface area contributed by atoms with Crippen LogP contribution in [0, 0.1) is 0 Å². The van der Waals surface area contributed by atoms with Gasteiger partial charge in [0.2, 0.25) is 0 Å². The fourth-order valence-electron chi connectivity index (χ4n) is 2.27. The maximum atomic E-state index is 9.18. The molecule has 0 saturated carbocycles. The van der Waals surface area contributed by atoms with Crippen LogP contribution >= 0.6 is 15.9 Å². The topological polar surface area (TPSA) is 23.5 Å². The number of nitrogens with zero attached hydrogens (tertiary/aromatic N) is 1. The maximum absolute atomic E-state index is 9.18. The summed E-state index contributed by atoms with van der Waals surface area (Å²) < 4.78 is 1.17. The molecule has 1 radical (unpaired) electrons. The first-order valence-corrected chi connectivity index (χ1v) is 8.37. The number of aliphatic hydroxyl groups is 1. The van der Waals surface area contributed by atoms with Crippen molar-refractivity contribution in [1.82, 2.24) is 4.90 Å². The molecule has 0 aliphatic carbocycles. The Morgan fingerprint density at radius 3 is 1.88 bits per heavy atom. The van der Waals surface area contributed by atoms with Gasteiger partial charge in [0, 0.05) is 56.3 Å². The molecular formula is C20H40BrNOY. The summed E-state index contributed by atoms with van der Waals surface area (Å²) >= 11 is 3.43. The number of piperidine rings is 1. The number of hydrogen-bond acceptors (Lipinski definition) is 2. The van der Waals surface area contributed by atoms with Crippen molar-refractivity contribution < 1.29 is 37.8 Å². The number of rotatable bonds is 2. The van der Waals surface area contributed by atoms with E-state index in [1.807, 2.05) is 6.07 Å². The minimum absolute atomic E-state index is 0. The number of aliphatic hydroxyl groups excluding tert-OH is 1. The summed E-state index contributed by atoms with van der Waals surface area (Å²) in [6.07, 6.45) is 1.88. The van der Waals surface area contributed by atoms with Crippen LogP contribution in [-0.4, -0.2) is 35.2 Å². The van der Waals surface area contributed by atoms with E-state index in [0.29, 0.717) is 12.0 Å². The van der Waals surface area contributed by atoms with Crippen LogP contribution in [0.3, 0.4) is 0 Å². The third kappa shape index (κ3) is 13.0. The van der Waals surface area contributed by atoms with Gasteiger partial charge in [-0.2, -0.15) is 0 Å². The van der Waals surface area contributed by atoms with Gasteiger partial charge in [0.15, 0.2) is 0 Å². The second kappa shape index (κ2) is 17.2. The molecule has 1 fully saturated rings. The number of benzene rings is 1. The molecule has 1 aromatic rings. The summed E-state index contributed by atoms with van der Waals surface area (Å²) in [7, 11) is 0. The Balaban J connectivity index is -0.000000143. The van der Waals surface area contributed by atoms with E-state index in [4.69, 9.17) is 0 Å². The van der Waals surface area contributed by atoms with Crippen LogP contribution in [0.15, 0.2) is 28.7 Å². The van der Waals surface area contributed by atoms with E-state index < -0.39 is 0 Å². The van der Waals surface area contributed by atoms with Crippen molar-refractivity contribution in [1.29, 1.82) is 0 Å². The fourth-order valence-corrected chi connectivity index (χ4v) is 2.68. The second-order valence-electron chi connectivity index (χ2n) is 6.07. The van der Waals surface area contributed by atoms with Crippen LogP contribution in [0.5, 0.6) is 0 Å². The average molecular weight is 479 g/mol. The van der Waals surface area contributed by atoms with Crippen LogP contribution in [0.4, 0.5) is 0 Å². The van der Waals surface area contributed by atoms with Crippen molar-refractivity contribution in [3.05, 3.63) is 34.3 Å². The van der Waals surface area contributed by atoms with Crippen LogP contribution in [0.25, 0.3) is 0 Å². The standard InChI is InChI=1S/C9H11Br.C8H17NO.3CH4.Y/c1-7(2)8-4-3-5-9(10)6-8;1-7(2)9-5-3-8(10)4-6-9;;;;/h3-7H,1-2H3;7-8,10H,3-6H2,1-2H3;3*1H4;. The monoisotopic (exact) mass is 478 g/mol. The van der Waals surface area contributed by atoms with Crippen LogP contribution in [0.2, 0.25) is 0 Å². The minimum atomic E-state index is -0.0324. The van der Waals surface area contributed by atoms with E-state index >= 15 is 0 Å². The molecule has 0 atom stereocenters. The molecule has 0 amide bonds. The van der Waals surface area contributed by atoms with Crippen molar-refractivity contribution in [3.8, 4) is 0 Å². The Morgan fingerprint density at radius 1 is 1.04 bits per heavy atom. The van der Waals surface area contributed by atoms with Gasteiger partial charge in [-0.05, 0) is 50.3 Å². The fraction of sp³-hybridized carbons (Fsp3) is 0.700. The molecule has 0 aromatic heterocycles. The van der Waals surface area contributed by atoms with E-state index in [1.54, 1.807) is 0 Å². The zero-order valence-electron chi connectivity index (χ0n) is 13.7. The van der Waals surface area contributed by atoms with Crippen LogP contribution in [-0.2, 0) is 32.7 Å². The first-order valence-electron chi connectivity index (χ1n) is 7.57. The molecule has 0 spiro atoms. The van der Waals surface area contributed by atoms with Crippen molar-refractivity contribution in [3.63, 3.8) is 0 Å². The minimum Gasteiger partial charge on any atom is -0.393 e. The summed E-state index contributed by atoms with van der Waals surface area (Å²) in [6.45, 7) is 10.9. The SMILES string of the molecule is C.C.C.CC(C)N1CCC(O)CC1.CC(C)c1cccc(Br)c1.[Y]. The van der Waals surface area contributed by atoms with Crippen molar-refractivity contribution >= 4 is 15.9 Å². The molecule has 1 N–H and O–H groups in total. The van der Waals surface area contributed by atoms with Gasteiger partial charge in [0.05, 0.1) is 6.10 Å². The Bertz CT molecular complexity index is 391. The molecular weight excluding hydrogens is 439 g/mol. The summed E-state index contributed by atoms with van der Waals surface area (Å²) in [4.78, 5) is 2.41. The molecule has 1 saturated heterocycles. The van der Waals surface area contributed by atoms with Crippen molar-refractivity contribution in [2.75, 3.05) is 13.1 Å². The van der Waals surface area contributed by atoms with E-state index in [-0.39, 0.29) is 61.1 Å². The van der Waals surface area contributed by atoms with E-state index in [1.165, 1.54) is 10.0 Å². The van der Waals surface area contributed by atoms with Gasteiger partial charge in [0.1, 0.15) is 0 Å². The van der Waals surface area contributed by atoms with Gasteiger partial charge >= 0.3 is 0 Å². The molecule has 2 nitrogen and oxygen atoms in total. The van der Waals surface area contributed by atoms with E-state index in [2.05, 4.69) is 66.7 Å². The molecule has 1 aromatic carbocycles. The number of hydrogen-bond donors (Lipinski definition) is 1. The Hall–Kier alpha value is 0.724. The largest absolute Gasteiger partial charge is 0.393 e. The van der Waals surface area contributed by atoms with Crippen molar-refractivity contribution in [2.24, 2.45) is 0 Å². The smallest absolute Gasteiger partial charge is 0.0564 e. The molecule has 1 aliphatic heterocycles. The first-order chi connectivity index (χ1) is 9.40. The third-order valence-electron chi connectivity index (χ3n) is 3.74. The van der Waals surface area contributed by atoms with Gasteiger partial charge in [-0.25, -0.2) is 0 Å². The van der Waals surface area contributed by atoms with Crippen molar-refractivity contribution in [2.45, 2.75) is 80.9 Å². The average Bonchev–Trinajstić information content (AvgIpc) is 2.40. The zero-order chi connectivity index (χ0) is 15.1. The predicted octanol–water partition coefficient (Wildman–Crippen LogP) is 6.33. The quantitative estimate of drug-likeness (QED) is 0.536. The molecule has 1 aliphatic rings. The van der Waals surface area contributed by atoms with Crippen LogP contribution < -0.4 is 0 Å². The van der Waals surface area contributed by atoms with Crippen LogP contribution in [0.1, 0.15) is 74.3 Å². The number of halogens is 1. The molecule has 4 heteroatoms. The molecule has 0 bridgehead atoms. The molecule has 24 heavy (non-hydrogen) atoms. The van der Waals surface area contributed by atoms with Gasteiger partial charge in [-0.15, -0.1) is 0 Å². The Morgan fingerprint density at radius 2 is 1.54 bits per heavy atom. The molecule has 2 rings (SSSR count). The van der Waals surface area contributed by atoms with Gasteiger partial charge < -0.3 is 10.0 Å². The molecule has 1 heterocycles. The summed E-state index contributed by atoms with van der Waals surface area (Å²) in [5.74, 6) is 0.623. The number of likely N-dealkylation sites (tertiary alicyclic amines) is 1. The summed E-state index contributed by atoms with van der Waals surface area (Å²) in [6, 6.07) is 9.07.